The maximum Gasteiger partial charge on any atom is 0.145 e. The second-order valence-corrected chi connectivity index (χ2v) is 14.4. The first-order valence-electron chi connectivity index (χ1n) is 14.3. The van der Waals surface area contributed by atoms with Gasteiger partial charge in [0.25, 0.3) is 0 Å². The number of furan rings is 1. The molecule has 0 amide bonds. The molecule has 0 N–H and O–H groups in total. The fourth-order valence-electron chi connectivity index (χ4n) is 7.22. The zero-order valence-corrected chi connectivity index (χ0v) is 25.0. The SMILES string of the molecule is Cc1cnc(-c2c(C)ccc3c2oc2cc4c(cc23)-c2ccccc2C4(CC(C)(C)C)CC(C)(C)C)cc1C. The Labute approximate surface area is 233 Å². The monoisotopic (exact) mass is 515 g/mol. The summed E-state index contributed by atoms with van der Waals surface area (Å²) in [5.41, 5.74) is 13.5. The lowest BCUT2D eigenvalue weighted by molar-refractivity contribution is 0.214. The molecule has 2 heterocycles. The van der Waals surface area contributed by atoms with E-state index < -0.39 is 0 Å². The fourth-order valence-corrected chi connectivity index (χ4v) is 7.22. The Balaban J connectivity index is 1.67. The van der Waals surface area contributed by atoms with E-state index in [1.165, 1.54) is 44.3 Å². The maximum absolute atomic E-state index is 6.83. The number of aryl methyl sites for hydroxylation is 3. The van der Waals surface area contributed by atoms with Crippen molar-refractivity contribution in [1.29, 1.82) is 0 Å². The molecule has 0 fully saturated rings. The van der Waals surface area contributed by atoms with Gasteiger partial charge in [0.15, 0.2) is 0 Å². The summed E-state index contributed by atoms with van der Waals surface area (Å²) in [6.45, 7) is 20.7. The third kappa shape index (κ3) is 4.20. The van der Waals surface area contributed by atoms with Gasteiger partial charge in [-0.2, -0.15) is 0 Å². The van der Waals surface area contributed by atoms with Crippen molar-refractivity contribution in [3.8, 4) is 22.4 Å². The van der Waals surface area contributed by atoms with Gasteiger partial charge in [0, 0.05) is 27.9 Å². The maximum atomic E-state index is 6.83. The third-order valence-corrected chi connectivity index (χ3v) is 8.53. The number of aromatic nitrogens is 1. The predicted octanol–water partition coefficient (Wildman–Crippen LogP) is 10.7. The predicted molar refractivity (Wildman–Crippen MR) is 166 cm³/mol. The van der Waals surface area contributed by atoms with Crippen molar-refractivity contribution in [1.82, 2.24) is 4.98 Å². The second-order valence-electron chi connectivity index (χ2n) is 14.4. The Morgan fingerprint density at radius 3 is 2.05 bits per heavy atom. The molecule has 0 radical (unpaired) electrons. The standard InChI is InChI=1S/C37H41NO/c1-22-14-15-26-28-17-27-25-12-10-11-13-29(25)37(20-35(4,5)6,21-36(7,8)9)30(27)18-32(28)39-34(26)33(22)31-16-23(2)24(3)19-38-31/h10-19H,20-21H2,1-9H3. The fraction of sp³-hybridized carbons (Fsp3) is 0.378. The molecule has 2 heteroatoms. The number of fused-ring (bicyclic) bond motifs is 6. The summed E-state index contributed by atoms with van der Waals surface area (Å²) in [6.07, 6.45) is 4.15. The van der Waals surface area contributed by atoms with Crippen molar-refractivity contribution < 1.29 is 4.42 Å². The van der Waals surface area contributed by atoms with Crippen LogP contribution in [0.15, 0.2) is 65.2 Å². The van der Waals surface area contributed by atoms with E-state index >= 15 is 0 Å². The van der Waals surface area contributed by atoms with Crippen LogP contribution in [0.4, 0.5) is 0 Å². The largest absolute Gasteiger partial charge is 0.455 e. The van der Waals surface area contributed by atoms with Crippen LogP contribution in [0.2, 0.25) is 0 Å². The van der Waals surface area contributed by atoms with E-state index in [9.17, 15) is 0 Å². The Bertz CT molecular complexity index is 1740. The van der Waals surface area contributed by atoms with Crippen molar-refractivity contribution in [3.05, 3.63) is 88.6 Å². The average molecular weight is 516 g/mol. The molecule has 6 rings (SSSR count). The van der Waals surface area contributed by atoms with Gasteiger partial charge in [-0.25, -0.2) is 0 Å². The highest BCUT2D eigenvalue weighted by Crippen LogP contribution is 2.59. The van der Waals surface area contributed by atoms with Crippen molar-refractivity contribution in [3.63, 3.8) is 0 Å². The Hall–Kier alpha value is -3.39. The van der Waals surface area contributed by atoms with Crippen LogP contribution in [-0.4, -0.2) is 4.98 Å². The zero-order chi connectivity index (χ0) is 27.9. The van der Waals surface area contributed by atoms with Crippen LogP contribution in [0.1, 0.15) is 82.2 Å². The van der Waals surface area contributed by atoms with E-state index in [0.29, 0.717) is 0 Å². The summed E-state index contributed by atoms with van der Waals surface area (Å²) >= 11 is 0. The van der Waals surface area contributed by atoms with Crippen LogP contribution in [0.25, 0.3) is 44.3 Å². The van der Waals surface area contributed by atoms with Crippen molar-refractivity contribution in [2.75, 3.05) is 0 Å². The van der Waals surface area contributed by atoms with Gasteiger partial charge in [-0.05, 0) is 102 Å². The zero-order valence-electron chi connectivity index (χ0n) is 25.0. The van der Waals surface area contributed by atoms with Crippen LogP contribution >= 0.6 is 0 Å². The first-order chi connectivity index (χ1) is 18.3. The molecule has 39 heavy (non-hydrogen) atoms. The smallest absolute Gasteiger partial charge is 0.145 e. The number of hydrogen-bond donors (Lipinski definition) is 0. The molecule has 0 unspecified atom stereocenters. The number of benzene rings is 3. The molecule has 1 aliphatic rings. The highest BCUT2D eigenvalue weighted by Gasteiger charge is 2.47. The van der Waals surface area contributed by atoms with Gasteiger partial charge in [0.2, 0.25) is 0 Å². The van der Waals surface area contributed by atoms with E-state index in [4.69, 9.17) is 9.40 Å². The molecule has 0 atom stereocenters. The quantitative estimate of drug-likeness (QED) is 0.239. The Kier molecular flexibility index (Phi) is 5.67. The van der Waals surface area contributed by atoms with Crippen LogP contribution in [-0.2, 0) is 5.41 Å². The van der Waals surface area contributed by atoms with Gasteiger partial charge in [-0.1, -0.05) is 77.9 Å². The Morgan fingerprint density at radius 1 is 0.692 bits per heavy atom. The van der Waals surface area contributed by atoms with E-state index in [-0.39, 0.29) is 16.2 Å². The molecule has 5 aromatic rings. The molecule has 0 aliphatic heterocycles. The number of hydrogen-bond acceptors (Lipinski definition) is 2. The minimum absolute atomic E-state index is 0.0655. The van der Waals surface area contributed by atoms with E-state index in [2.05, 4.69) is 117 Å². The number of rotatable bonds is 3. The van der Waals surface area contributed by atoms with Crippen molar-refractivity contribution >= 4 is 21.9 Å². The van der Waals surface area contributed by atoms with Crippen molar-refractivity contribution in [2.24, 2.45) is 10.8 Å². The molecule has 2 aromatic heterocycles. The lowest BCUT2D eigenvalue weighted by Gasteiger charge is -2.42. The molecule has 2 nitrogen and oxygen atoms in total. The lowest BCUT2D eigenvalue weighted by Crippen LogP contribution is -2.35. The normalized spacial score (nSPS) is 14.7. The topological polar surface area (TPSA) is 26.0 Å². The molecule has 0 spiro atoms. The van der Waals surface area contributed by atoms with Crippen LogP contribution in [0.5, 0.6) is 0 Å². The summed E-state index contributed by atoms with van der Waals surface area (Å²) in [7, 11) is 0. The van der Waals surface area contributed by atoms with E-state index in [1.54, 1.807) is 0 Å². The number of nitrogens with zero attached hydrogens (tertiary/aromatic N) is 1. The highest BCUT2D eigenvalue weighted by atomic mass is 16.3. The van der Waals surface area contributed by atoms with Crippen LogP contribution in [0, 0.1) is 31.6 Å². The minimum Gasteiger partial charge on any atom is -0.455 e. The first kappa shape index (κ1) is 25.9. The highest BCUT2D eigenvalue weighted by molar-refractivity contribution is 6.12. The Morgan fingerprint density at radius 2 is 1.38 bits per heavy atom. The molecule has 3 aromatic carbocycles. The second kappa shape index (κ2) is 8.55. The van der Waals surface area contributed by atoms with Gasteiger partial charge in [0.05, 0.1) is 5.69 Å². The molecule has 1 aliphatic carbocycles. The molecule has 0 saturated heterocycles. The summed E-state index contributed by atoms with van der Waals surface area (Å²) in [4.78, 5) is 4.83. The first-order valence-corrected chi connectivity index (χ1v) is 14.3. The summed E-state index contributed by atoms with van der Waals surface area (Å²) in [5, 5.41) is 2.35. The minimum atomic E-state index is -0.0655. The van der Waals surface area contributed by atoms with Crippen LogP contribution in [0.3, 0.4) is 0 Å². The van der Waals surface area contributed by atoms with E-state index in [1.807, 2.05) is 6.20 Å². The van der Waals surface area contributed by atoms with E-state index in [0.717, 1.165) is 40.7 Å². The van der Waals surface area contributed by atoms with Gasteiger partial charge in [0.1, 0.15) is 11.2 Å². The summed E-state index contributed by atoms with van der Waals surface area (Å²) in [5.74, 6) is 0. The summed E-state index contributed by atoms with van der Waals surface area (Å²) < 4.78 is 6.83. The van der Waals surface area contributed by atoms with Gasteiger partial charge >= 0.3 is 0 Å². The molecular formula is C37H41NO. The summed E-state index contributed by atoms with van der Waals surface area (Å²) in [6, 6.07) is 20.5. The van der Waals surface area contributed by atoms with Crippen molar-refractivity contribution in [2.45, 2.75) is 80.6 Å². The molecular weight excluding hydrogens is 474 g/mol. The molecule has 200 valence electrons. The lowest BCUT2D eigenvalue weighted by atomic mass is 9.62. The van der Waals surface area contributed by atoms with Gasteiger partial charge in [-0.15, -0.1) is 0 Å². The average Bonchev–Trinajstić information content (AvgIpc) is 3.31. The molecule has 0 bridgehead atoms. The van der Waals surface area contributed by atoms with Gasteiger partial charge in [-0.3, -0.25) is 4.98 Å². The van der Waals surface area contributed by atoms with Gasteiger partial charge < -0.3 is 4.42 Å². The van der Waals surface area contributed by atoms with Crippen LogP contribution < -0.4 is 0 Å². The molecule has 0 saturated carbocycles. The third-order valence-electron chi connectivity index (χ3n) is 8.53. The number of pyridine rings is 1.